The number of nitrogens with zero attached hydrogens (tertiary/aromatic N) is 1. The molecule has 3 unspecified atom stereocenters. The Morgan fingerprint density at radius 1 is 0.706 bits per heavy atom. The van der Waals surface area contributed by atoms with Crippen molar-refractivity contribution in [1.82, 2.24) is 4.90 Å². The number of rotatable bonds is 24. The van der Waals surface area contributed by atoms with E-state index >= 15 is 0 Å². The molecule has 3 atom stereocenters. The first-order valence-electron chi connectivity index (χ1n) is 14.9. The molecule has 0 rings (SSSR count). The number of phosphoric acid groups is 1. The Labute approximate surface area is 356 Å². The Balaban J connectivity index is -0.000000440. The Bertz CT molecular complexity index is 1080. The second-order valence-electron chi connectivity index (χ2n) is 12.1. The molecule has 17 heteroatoms. The third-order valence-corrected chi connectivity index (χ3v) is 9.05. The third kappa shape index (κ3) is 29.0. The van der Waals surface area contributed by atoms with Crippen molar-refractivity contribution >= 4 is 35.8 Å². The average molecular weight is 809 g/mol. The molecule has 0 spiro atoms. The van der Waals surface area contributed by atoms with E-state index in [-0.39, 0.29) is 141 Å². The Morgan fingerprint density at radius 3 is 1.63 bits per heavy atom. The predicted octanol–water partition coefficient (Wildman–Crippen LogP) is 3.85. The second-order valence-corrected chi connectivity index (χ2v) is 15.0. The van der Waals surface area contributed by atoms with Gasteiger partial charge in [-0.1, -0.05) is 71.8 Å². The smallest absolute Gasteiger partial charge is 0.756 e. The molecule has 0 N–H and O–H groups in total. The van der Waals surface area contributed by atoms with Gasteiger partial charge in [0.05, 0.1) is 52.8 Å². The Hall–Kier alpha value is 0.0264. The number of hydrogen-bond acceptors (Lipinski definition) is 14. The summed E-state index contributed by atoms with van der Waals surface area (Å²) in [7, 11) is -7.31. The van der Waals surface area contributed by atoms with Crippen LogP contribution in [0.4, 0.5) is 0 Å². The summed E-state index contributed by atoms with van der Waals surface area (Å²) < 4.78 is 70.4. The monoisotopic (exact) mass is 808 g/mol. The van der Waals surface area contributed by atoms with E-state index in [1.165, 1.54) is 6.92 Å². The minimum absolute atomic E-state index is 0. The summed E-state index contributed by atoms with van der Waals surface area (Å²) in [6, 6.07) is 0. The van der Waals surface area contributed by atoms with Crippen molar-refractivity contribution in [2.75, 3.05) is 58.9 Å². The van der Waals surface area contributed by atoms with Crippen molar-refractivity contribution in [3.63, 3.8) is 0 Å². The standard InChI is InChI=1S/C28H54NO13PS.6CH4.K/c1-9-12-15-38-23(30)26(4,5)21-28(7,25(32)39-16-13-20-44(35,36)37)22-27(6,10-2)24(31)40-18-19-42-43(33,34)41-17-14-29(8)11-3;;;;;;;/h9-22H2,1-8H3,(H,33,34)(H,35,36,37);6*1H4;/q;;;;;;;+1/p-2. The average Bonchev–Trinajstić information content (AvgIpc) is 2.91. The number of likely N-dealkylation sites (N-methyl/N-ethyl adjacent to an activating group) is 1. The fourth-order valence-electron chi connectivity index (χ4n) is 4.50. The Kier molecular flexibility index (Phi) is 43.7. The van der Waals surface area contributed by atoms with E-state index in [1.54, 1.807) is 34.7 Å². The summed E-state index contributed by atoms with van der Waals surface area (Å²) in [4.78, 5) is 53.4. The van der Waals surface area contributed by atoms with Crippen molar-refractivity contribution < 1.29 is 111 Å². The van der Waals surface area contributed by atoms with Gasteiger partial charge >= 0.3 is 69.3 Å². The largest absolute Gasteiger partial charge is 1.00 e. The number of phosphoric ester groups is 1. The zero-order chi connectivity index (χ0) is 34.2. The van der Waals surface area contributed by atoms with Gasteiger partial charge in [0.2, 0.25) is 0 Å². The van der Waals surface area contributed by atoms with E-state index in [1.807, 2.05) is 18.7 Å². The van der Waals surface area contributed by atoms with Crippen molar-refractivity contribution in [1.29, 1.82) is 0 Å². The van der Waals surface area contributed by atoms with Gasteiger partial charge in [-0.15, -0.1) is 0 Å². The van der Waals surface area contributed by atoms with E-state index < -0.39 is 71.1 Å². The van der Waals surface area contributed by atoms with Gasteiger partial charge in [-0.3, -0.25) is 18.9 Å². The topological polar surface area (TPSA) is 198 Å². The van der Waals surface area contributed by atoms with Gasteiger partial charge in [-0.05, 0) is 73.4 Å². The van der Waals surface area contributed by atoms with Crippen LogP contribution in [0.5, 0.6) is 0 Å². The molecule has 0 aliphatic rings. The van der Waals surface area contributed by atoms with Gasteiger partial charge < -0.3 is 37.6 Å². The van der Waals surface area contributed by atoms with Crippen LogP contribution in [-0.2, 0) is 52.3 Å². The molecule has 0 aliphatic carbocycles. The molecule has 14 nitrogen and oxygen atoms in total. The maximum atomic E-state index is 13.4. The molecule has 0 aromatic carbocycles. The molecule has 0 bridgehead atoms. The van der Waals surface area contributed by atoms with E-state index in [4.69, 9.17) is 23.3 Å². The summed E-state index contributed by atoms with van der Waals surface area (Å²) in [5.41, 5.74) is -3.90. The van der Waals surface area contributed by atoms with Crippen LogP contribution in [0.1, 0.15) is 132 Å². The van der Waals surface area contributed by atoms with Gasteiger partial charge in [0.15, 0.2) is 0 Å². The van der Waals surface area contributed by atoms with E-state index in [2.05, 4.69) is 0 Å². The number of carbonyl (C=O) groups excluding carboxylic acids is 3. The van der Waals surface area contributed by atoms with Gasteiger partial charge in [0.1, 0.15) is 6.61 Å². The quantitative estimate of drug-likeness (QED) is 0.0340. The molecular formula is C34H76KNO13PS-. The molecule has 0 amide bonds. The van der Waals surface area contributed by atoms with Crippen molar-refractivity contribution in [3.8, 4) is 0 Å². The SMILES string of the molecule is C.C.C.C.C.C.CCCCOC(=O)C(C)(C)CC(C)(CC(C)(CC)C(=O)OCCOP(=O)([O-])OCCN(C)CC)C(=O)OCCCS(=O)(=O)[O-].[K+]. The van der Waals surface area contributed by atoms with Crippen molar-refractivity contribution in [2.45, 2.75) is 132 Å². The molecule has 0 heterocycles. The van der Waals surface area contributed by atoms with Gasteiger partial charge in [-0.25, -0.2) is 8.42 Å². The first-order valence-corrected chi connectivity index (χ1v) is 17.9. The normalized spacial score (nSPS) is 14.2. The molecule has 0 saturated carbocycles. The van der Waals surface area contributed by atoms with Crippen LogP contribution in [-0.4, -0.2) is 94.7 Å². The van der Waals surface area contributed by atoms with Gasteiger partial charge in [0, 0.05) is 12.3 Å². The first-order chi connectivity index (χ1) is 20.2. The van der Waals surface area contributed by atoms with E-state index in [0.717, 1.165) is 6.42 Å². The van der Waals surface area contributed by atoms with Crippen LogP contribution >= 0.6 is 7.82 Å². The third-order valence-electron chi connectivity index (χ3n) is 7.26. The summed E-state index contributed by atoms with van der Waals surface area (Å²) in [6.07, 6.45) is 1.26. The number of carbonyl (C=O) groups is 3. The van der Waals surface area contributed by atoms with Crippen LogP contribution in [0.2, 0.25) is 0 Å². The molecule has 0 aliphatic heterocycles. The van der Waals surface area contributed by atoms with Crippen molar-refractivity contribution in [3.05, 3.63) is 0 Å². The van der Waals surface area contributed by atoms with E-state index in [9.17, 15) is 36.8 Å². The summed E-state index contributed by atoms with van der Waals surface area (Å²) in [6.45, 7) is 11.9. The number of ether oxygens (including phenoxy) is 3. The van der Waals surface area contributed by atoms with Gasteiger partial charge in [-0.2, -0.15) is 0 Å². The Morgan fingerprint density at radius 2 is 1.16 bits per heavy atom. The first kappa shape index (κ1) is 69.0. The second kappa shape index (κ2) is 32.3. The zero-order valence-corrected chi connectivity index (χ0v) is 33.3. The van der Waals surface area contributed by atoms with E-state index in [0.29, 0.717) is 19.5 Å². The zero-order valence-electron chi connectivity index (χ0n) is 28.5. The molecule has 0 aromatic rings. The predicted molar refractivity (Wildman–Crippen MR) is 200 cm³/mol. The van der Waals surface area contributed by atoms with Crippen LogP contribution < -0.4 is 56.3 Å². The molecule has 0 fully saturated rings. The molecular weight excluding hydrogens is 733 g/mol. The molecule has 0 aromatic heterocycles. The van der Waals surface area contributed by atoms with Crippen molar-refractivity contribution in [2.24, 2.45) is 16.2 Å². The molecule has 0 radical (unpaired) electrons. The van der Waals surface area contributed by atoms with Crippen LogP contribution in [0.25, 0.3) is 0 Å². The minimum Gasteiger partial charge on any atom is -0.756 e. The summed E-state index contributed by atoms with van der Waals surface area (Å²) >= 11 is 0. The fourth-order valence-corrected chi connectivity index (χ4v) is 5.65. The number of hydrogen-bond donors (Lipinski definition) is 0. The molecule has 308 valence electrons. The minimum atomic E-state index is -4.61. The molecule has 51 heavy (non-hydrogen) atoms. The van der Waals surface area contributed by atoms with Crippen LogP contribution in [0, 0.1) is 16.2 Å². The van der Waals surface area contributed by atoms with Gasteiger partial charge in [0.25, 0.3) is 7.82 Å². The molecule has 0 saturated heterocycles. The maximum absolute atomic E-state index is 13.4. The van der Waals surface area contributed by atoms with Crippen LogP contribution in [0.15, 0.2) is 0 Å². The summed E-state index contributed by atoms with van der Waals surface area (Å²) in [5, 5.41) is 0. The summed E-state index contributed by atoms with van der Waals surface area (Å²) in [5.74, 6) is -2.77. The fraction of sp³-hybridized carbons (Fsp3) is 0.912. The number of unbranched alkanes of at least 4 members (excludes halogenated alkanes) is 1. The number of esters is 3. The van der Waals surface area contributed by atoms with Crippen LogP contribution in [0.3, 0.4) is 0 Å². The maximum Gasteiger partial charge on any atom is 1.00 e.